The number of carbonyl (C=O) groups excluding carboxylic acids is 1. The van der Waals surface area contributed by atoms with Crippen LogP contribution in [-0.4, -0.2) is 21.8 Å². The topological polar surface area (TPSA) is 80.9 Å². The van der Waals surface area contributed by atoms with Gasteiger partial charge in [-0.05, 0) is 38.1 Å². The molecule has 26 heavy (non-hydrogen) atoms. The van der Waals surface area contributed by atoms with Gasteiger partial charge < -0.3 is 0 Å². The molecule has 0 aliphatic carbocycles. The second kappa shape index (κ2) is 8.02. The molecule has 1 heterocycles. The van der Waals surface area contributed by atoms with E-state index < -0.39 is 0 Å². The third-order valence-corrected chi connectivity index (χ3v) is 3.54. The summed E-state index contributed by atoms with van der Waals surface area (Å²) in [4.78, 5) is 24.3. The molecule has 0 radical (unpaired) electrons. The second-order valence-corrected chi connectivity index (χ2v) is 5.79. The first-order valence-electron chi connectivity index (χ1n) is 8.25. The van der Waals surface area contributed by atoms with Gasteiger partial charge in [0.05, 0.1) is 17.1 Å². The van der Waals surface area contributed by atoms with Gasteiger partial charge in [0.1, 0.15) is 0 Å². The number of amides is 1. The zero-order chi connectivity index (χ0) is 18.4. The van der Waals surface area contributed by atoms with E-state index in [1.807, 2.05) is 68.4 Å². The van der Waals surface area contributed by atoms with Gasteiger partial charge in [0.25, 0.3) is 11.9 Å². The first kappa shape index (κ1) is 17.3. The van der Waals surface area contributed by atoms with Gasteiger partial charge >= 0.3 is 5.95 Å². The van der Waals surface area contributed by atoms with Gasteiger partial charge in [-0.3, -0.25) is 10.1 Å². The number of aromatic nitrogens is 2. The van der Waals surface area contributed by atoms with Crippen LogP contribution in [0.4, 0.5) is 11.6 Å². The molecule has 0 saturated heterocycles. The molecule has 1 amide bonds. The Bertz CT molecular complexity index is 903. The van der Waals surface area contributed by atoms with Crippen molar-refractivity contribution in [1.82, 2.24) is 15.3 Å². The molecule has 1 aromatic heterocycles. The fourth-order valence-electron chi connectivity index (χ4n) is 2.43. The Hall–Kier alpha value is -3.54. The van der Waals surface area contributed by atoms with E-state index in [4.69, 9.17) is 0 Å². The largest absolute Gasteiger partial charge is 0.354 e. The van der Waals surface area contributed by atoms with Crippen LogP contribution in [0.2, 0.25) is 0 Å². The number of hydrogen-bond acceptors (Lipinski definition) is 3. The van der Waals surface area contributed by atoms with Gasteiger partial charge in [-0.2, -0.15) is 0 Å². The maximum Gasteiger partial charge on any atom is 0.354 e. The molecule has 0 aliphatic rings. The average molecular weight is 346 g/mol. The normalized spacial score (nSPS) is 11.1. The Balaban J connectivity index is 1.90. The molecule has 0 bridgehead atoms. The molecule has 3 aromatic rings. The minimum Gasteiger partial charge on any atom is -0.277 e. The molecule has 3 N–H and O–H groups in total. The number of benzene rings is 2. The van der Waals surface area contributed by atoms with Crippen LogP contribution in [0.15, 0.2) is 66.7 Å². The van der Waals surface area contributed by atoms with Gasteiger partial charge in [0.15, 0.2) is 0 Å². The lowest BCUT2D eigenvalue weighted by molar-refractivity contribution is -0.366. The van der Waals surface area contributed by atoms with E-state index in [1.165, 1.54) is 0 Å². The first-order chi connectivity index (χ1) is 12.6. The highest BCUT2D eigenvalue weighted by Gasteiger charge is 2.14. The molecule has 3 rings (SSSR count). The fourth-order valence-corrected chi connectivity index (χ4v) is 2.43. The van der Waals surface area contributed by atoms with Crippen molar-refractivity contribution in [1.29, 1.82) is 0 Å². The van der Waals surface area contributed by atoms with Crippen molar-refractivity contribution in [3.8, 4) is 0 Å². The number of guanidine groups is 1. The number of carbonyl (C=O) groups is 1. The van der Waals surface area contributed by atoms with Crippen LogP contribution in [0.3, 0.4) is 0 Å². The smallest absolute Gasteiger partial charge is 0.277 e. The van der Waals surface area contributed by atoms with E-state index in [2.05, 4.69) is 25.6 Å². The summed E-state index contributed by atoms with van der Waals surface area (Å²) >= 11 is 0. The molecule has 0 saturated carbocycles. The maximum absolute atomic E-state index is 12.5. The van der Waals surface area contributed by atoms with E-state index in [-0.39, 0.29) is 5.91 Å². The van der Waals surface area contributed by atoms with E-state index in [9.17, 15) is 4.79 Å². The number of rotatable bonds is 3. The predicted octanol–water partition coefficient (Wildman–Crippen LogP) is 1.70. The van der Waals surface area contributed by atoms with Crippen LogP contribution in [0.1, 0.15) is 21.7 Å². The van der Waals surface area contributed by atoms with E-state index in [0.717, 1.165) is 17.1 Å². The summed E-state index contributed by atoms with van der Waals surface area (Å²) in [5.41, 5.74) is 3.07. The summed E-state index contributed by atoms with van der Waals surface area (Å²) in [6.45, 7) is 3.79. The molecule has 0 spiro atoms. The highest BCUT2D eigenvalue weighted by Crippen LogP contribution is 2.04. The molecule has 0 aliphatic heterocycles. The second-order valence-electron chi connectivity index (χ2n) is 5.79. The molecule has 0 fully saturated rings. The molecular weight excluding hydrogens is 326 g/mol. The van der Waals surface area contributed by atoms with Gasteiger partial charge in [-0.25, -0.2) is 10.3 Å². The van der Waals surface area contributed by atoms with Crippen LogP contribution >= 0.6 is 0 Å². The van der Waals surface area contributed by atoms with Gasteiger partial charge in [0, 0.05) is 11.6 Å². The summed E-state index contributed by atoms with van der Waals surface area (Å²) in [6, 6.07) is 20.4. The Morgan fingerprint density at radius 2 is 1.46 bits per heavy atom. The van der Waals surface area contributed by atoms with E-state index in [0.29, 0.717) is 17.5 Å². The van der Waals surface area contributed by atoms with Gasteiger partial charge in [0.2, 0.25) is 0 Å². The number of nitrogens with zero attached hydrogens (tertiary/aromatic N) is 2. The van der Waals surface area contributed by atoms with Crippen LogP contribution in [0, 0.1) is 13.8 Å². The highest BCUT2D eigenvalue weighted by atomic mass is 16.1. The zero-order valence-electron chi connectivity index (χ0n) is 14.7. The SMILES string of the molecule is Cc1cc(C)nc(/[NH+]=C(/NC(=O)c2ccccc2)Nc2ccccc2)n1. The first-order valence-corrected chi connectivity index (χ1v) is 8.25. The standard InChI is InChI=1S/C20H19N5O/c1-14-13-15(2)22-19(21-14)25-20(23-17-11-7-4-8-12-17)24-18(26)16-9-5-3-6-10-16/h3-13H,1-2H3,(H2,21,22,23,24,25,26)/p+1. The molecule has 130 valence electrons. The van der Waals surface area contributed by atoms with Crippen LogP contribution in [-0.2, 0) is 0 Å². The molecule has 2 aromatic carbocycles. The van der Waals surface area contributed by atoms with Crippen LogP contribution in [0.5, 0.6) is 0 Å². The molecule has 6 nitrogen and oxygen atoms in total. The summed E-state index contributed by atoms with van der Waals surface area (Å²) in [5.74, 6) is 0.560. The fraction of sp³-hybridized carbons (Fsp3) is 0.100. The van der Waals surface area contributed by atoms with Crippen molar-refractivity contribution < 1.29 is 9.79 Å². The Kier molecular flexibility index (Phi) is 5.34. The maximum atomic E-state index is 12.5. The Labute approximate surface area is 152 Å². The van der Waals surface area contributed by atoms with Crippen molar-refractivity contribution in [2.75, 3.05) is 5.32 Å². The van der Waals surface area contributed by atoms with E-state index in [1.54, 1.807) is 12.1 Å². The predicted molar refractivity (Wildman–Crippen MR) is 101 cm³/mol. The quantitative estimate of drug-likeness (QED) is 0.498. The number of aryl methyl sites for hydroxylation is 2. The van der Waals surface area contributed by atoms with Crippen molar-refractivity contribution in [2.45, 2.75) is 13.8 Å². The van der Waals surface area contributed by atoms with Crippen molar-refractivity contribution in [3.05, 3.63) is 83.7 Å². The lowest BCUT2D eigenvalue weighted by Gasteiger charge is -2.07. The minimum atomic E-state index is -0.235. The number of nitrogens with one attached hydrogen (secondary N) is 3. The highest BCUT2D eigenvalue weighted by molar-refractivity contribution is 6.08. The molecule has 0 unspecified atom stereocenters. The molecule has 6 heteroatoms. The summed E-state index contributed by atoms with van der Waals surface area (Å²) in [7, 11) is 0. The van der Waals surface area contributed by atoms with Crippen molar-refractivity contribution >= 4 is 23.5 Å². The van der Waals surface area contributed by atoms with Crippen molar-refractivity contribution in [3.63, 3.8) is 0 Å². The van der Waals surface area contributed by atoms with Crippen molar-refractivity contribution in [2.24, 2.45) is 0 Å². The lowest BCUT2D eigenvalue weighted by atomic mass is 10.2. The average Bonchev–Trinajstić information content (AvgIpc) is 2.62. The minimum absolute atomic E-state index is 0.235. The van der Waals surface area contributed by atoms with Crippen LogP contribution < -0.4 is 15.6 Å². The third-order valence-electron chi connectivity index (χ3n) is 3.54. The van der Waals surface area contributed by atoms with Gasteiger partial charge in [-0.15, -0.1) is 9.97 Å². The molecular formula is C20H20N5O+. The monoisotopic (exact) mass is 346 g/mol. The zero-order valence-corrected chi connectivity index (χ0v) is 14.7. The van der Waals surface area contributed by atoms with Crippen LogP contribution in [0.25, 0.3) is 0 Å². The lowest BCUT2D eigenvalue weighted by Crippen LogP contribution is -2.74. The molecule has 0 atom stereocenters. The van der Waals surface area contributed by atoms with Gasteiger partial charge in [-0.1, -0.05) is 36.4 Å². The van der Waals surface area contributed by atoms with E-state index >= 15 is 0 Å². The number of para-hydroxylation sites is 1. The Morgan fingerprint density at radius 1 is 0.885 bits per heavy atom. The summed E-state index contributed by atoms with van der Waals surface area (Å²) in [6.07, 6.45) is 0. The number of hydrogen-bond donors (Lipinski definition) is 3. The Morgan fingerprint density at radius 3 is 2.08 bits per heavy atom. The summed E-state index contributed by atoms with van der Waals surface area (Å²) < 4.78 is 0. The third kappa shape index (κ3) is 4.73. The number of anilines is 1. The summed E-state index contributed by atoms with van der Waals surface area (Å²) in [5, 5.41) is 6.01.